The second-order valence-corrected chi connectivity index (χ2v) is 8.64. The molecule has 0 aliphatic heterocycles. The lowest BCUT2D eigenvalue weighted by Gasteiger charge is -2.22. The Balaban J connectivity index is 3.58. The molecule has 0 saturated carbocycles. The maximum atomic E-state index is 12.0. The van der Waals surface area contributed by atoms with Gasteiger partial charge in [-0.2, -0.15) is 0 Å². The molecule has 0 aromatic carbocycles. The number of carbonyl (C=O) groups is 1. The molecule has 5 nitrogen and oxygen atoms in total. The van der Waals surface area contributed by atoms with Gasteiger partial charge in [0.1, 0.15) is 11.6 Å². The molecule has 0 aliphatic carbocycles. The van der Waals surface area contributed by atoms with Gasteiger partial charge in [0.2, 0.25) is 0 Å². The molecular weight excluding hydrogens is 338 g/mol. The van der Waals surface area contributed by atoms with Crippen LogP contribution in [-0.4, -0.2) is 17.6 Å². The number of azide groups is 1. The van der Waals surface area contributed by atoms with E-state index in [1.165, 1.54) is 77.0 Å². The summed E-state index contributed by atoms with van der Waals surface area (Å²) < 4.78 is 5.32. The molecule has 5 heteroatoms. The number of hydrogen-bond donors (Lipinski definition) is 0. The van der Waals surface area contributed by atoms with Gasteiger partial charge in [0.15, 0.2) is 0 Å². The molecule has 0 fully saturated rings. The fourth-order valence-electron chi connectivity index (χ4n) is 3.19. The topological polar surface area (TPSA) is 75.1 Å². The van der Waals surface area contributed by atoms with Crippen molar-refractivity contribution >= 4 is 5.97 Å². The standard InChI is InChI=1S/C22H43N3O2/c1-5-6-7-8-9-10-11-12-13-14-15-16-17-18-19-20(24-25-23)21(26)27-22(2,3)4/h20H,5-19H2,1-4H3. The third-order valence-corrected chi connectivity index (χ3v) is 4.70. The van der Waals surface area contributed by atoms with Crippen molar-refractivity contribution in [1.29, 1.82) is 0 Å². The molecule has 0 bridgehead atoms. The summed E-state index contributed by atoms with van der Waals surface area (Å²) in [5, 5.41) is 3.61. The van der Waals surface area contributed by atoms with Crippen LogP contribution in [0.15, 0.2) is 5.11 Å². The lowest BCUT2D eigenvalue weighted by atomic mass is 10.0. The van der Waals surface area contributed by atoms with E-state index in [2.05, 4.69) is 16.9 Å². The van der Waals surface area contributed by atoms with Gasteiger partial charge < -0.3 is 4.74 Å². The molecule has 0 aromatic rings. The van der Waals surface area contributed by atoms with Gasteiger partial charge in [0, 0.05) is 4.91 Å². The molecule has 0 radical (unpaired) electrons. The zero-order valence-corrected chi connectivity index (χ0v) is 18.3. The van der Waals surface area contributed by atoms with Gasteiger partial charge in [-0.15, -0.1) is 0 Å². The molecule has 0 rings (SSSR count). The summed E-state index contributed by atoms with van der Waals surface area (Å²) in [4.78, 5) is 14.8. The predicted molar refractivity (Wildman–Crippen MR) is 114 cm³/mol. The van der Waals surface area contributed by atoms with Gasteiger partial charge in [-0.05, 0) is 32.7 Å². The van der Waals surface area contributed by atoms with Crippen molar-refractivity contribution in [2.75, 3.05) is 0 Å². The van der Waals surface area contributed by atoms with Crippen LogP contribution in [0.3, 0.4) is 0 Å². The minimum atomic E-state index is -0.688. The molecule has 27 heavy (non-hydrogen) atoms. The van der Waals surface area contributed by atoms with Crippen LogP contribution in [0.5, 0.6) is 0 Å². The first-order valence-electron chi connectivity index (χ1n) is 11.2. The highest BCUT2D eigenvalue weighted by atomic mass is 16.6. The molecule has 0 spiro atoms. The van der Waals surface area contributed by atoms with E-state index in [4.69, 9.17) is 10.3 Å². The number of ether oxygens (including phenoxy) is 1. The third-order valence-electron chi connectivity index (χ3n) is 4.70. The molecule has 0 N–H and O–H groups in total. The molecule has 0 aliphatic rings. The van der Waals surface area contributed by atoms with E-state index in [-0.39, 0.29) is 0 Å². The molecule has 0 saturated heterocycles. The molecule has 0 heterocycles. The third kappa shape index (κ3) is 17.9. The van der Waals surface area contributed by atoms with Gasteiger partial charge in [-0.1, -0.05) is 102 Å². The summed E-state index contributed by atoms with van der Waals surface area (Å²) in [6.07, 6.45) is 18.8. The molecule has 0 aromatic heterocycles. The number of unbranched alkanes of at least 4 members (excludes halogenated alkanes) is 13. The Kier molecular flexibility index (Phi) is 16.2. The smallest absolute Gasteiger partial charge is 0.315 e. The summed E-state index contributed by atoms with van der Waals surface area (Å²) >= 11 is 0. The Bertz CT molecular complexity index is 412. The lowest BCUT2D eigenvalue weighted by Crippen LogP contribution is -2.30. The van der Waals surface area contributed by atoms with Crippen molar-refractivity contribution in [1.82, 2.24) is 0 Å². The van der Waals surface area contributed by atoms with Crippen LogP contribution in [0.2, 0.25) is 0 Å². The van der Waals surface area contributed by atoms with Crippen molar-refractivity contribution in [2.24, 2.45) is 5.11 Å². The van der Waals surface area contributed by atoms with Gasteiger partial charge in [0.05, 0.1) is 0 Å². The zero-order valence-electron chi connectivity index (χ0n) is 18.3. The van der Waals surface area contributed by atoms with Crippen molar-refractivity contribution in [3.63, 3.8) is 0 Å². The monoisotopic (exact) mass is 381 g/mol. The van der Waals surface area contributed by atoms with E-state index >= 15 is 0 Å². The summed E-state index contributed by atoms with van der Waals surface area (Å²) in [6, 6.07) is -0.688. The largest absolute Gasteiger partial charge is 0.460 e. The molecule has 0 amide bonds. The van der Waals surface area contributed by atoms with Crippen molar-refractivity contribution in [3.8, 4) is 0 Å². The van der Waals surface area contributed by atoms with E-state index in [1.54, 1.807) is 0 Å². The number of hydrogen-bond acceptors (Lipinski definition) is 3. The van der Waals surface area contributed by atoms with Crippen LogP contribution in [0.1, 0.15) is 124 Å². The maximum Gasteiger partial charge on any atom is 0.315 e. The average Bonchev–Trinajstić information content (AvgIpc) is 2.59. The highest BCUT2D eigenvalue weighted by Gasteiger charge is 2.23. The number of carbonyl (C=O) groups excluding carboxylic acids is 1. The second-order valence-electron chi connectivity index (χ2n) is 8.64. The van der Waals surface area contributed by atoms with E-state index in [1.807, 2.05) is 20.8 Å². The Morgan fingerprint density at radius 3 is 1.63 bits per heavy atom. The predicted octanol–water partition coefficient (Wildman–Crippen LogP) is 7.88. The summed E-state index contributed by atoms with van der Waals surface area (Å²) in [5.41, 5.74) is 8.10. The number of nitrogens with zero attached hydrogens (tertiary/aromatic N) is 3. The average molecular weight is 382 g/mol. The summed E-state index contributed by atoms with van der Waals surface area (Å²) in [7, 11) is 0. The number of esters is 1. The van der Waals surface area contributed by atoms with E-state index in [9.17, 15) is 4.79 Å². The molecule has 1 atom stereocenters. The van der Waals surface area contributed by atoms with Crippen molar-refractivity contribution < 1.29 is 9.53 Å². The van der Waals surface area contributed by atoms with Crippen LogP contribution in [-0.2, 0) is 9.53 Å². The minimum Gasteiger partial charge on any atom is -0.460 e. The van der Waals surface area contributed by atoms with Crippen LogP contribution in [0.4, 0.5) is 0 Å². The first kappa shape index (κ1) is 25.8. The van der Waals surface area contributed by atoms with Crippen LogP contribution in [0, 0.1) is 0 Å². The van der Waals surface area contributed by atoms with Gasteiger partial charge in [-0.25, -0.2) is 0 Å². The van der Waals surface area contributed by atoms with Crippen LogP contribution in [0.25, 0.3) is 10.4 Å². The van der Waals surface area contributed by atoms with Gasteiger partial charge in [-0.3, -0.25) is 4.79 Å². The summed E-state index contributed by atoms with van der Waals surface area (Å²) in [5.74, 6) is -0.407. The van der Waals surface area contributed by atoms with Crippen molar-refractivity contribution in [3.05, 3.63) is 10.4 Å². The quantitative estimate of drug-likeness (QED) is 0.0844. The Hall–Kier alpha value is -1.22. The van der Waals surface area contributed by atoms with Gasteiger partial charge in [0.25, 0.3) is 0 Å². The highest BCUT2D eigenvalue weighted by Crippen LogP contribution is 2.16. The Morgan fingerprint density at radius 2 is 1.26 bits per heavy atom. The summed E-state index contributed by atoms with van der Waals surface area (Å²) in [6.45, 7) is 7.74. The molecule has 1 unspecified atom stereocenters. The van der Waals surface area contributed by atoms with Crippen LogP contribution < -0.4 is 0 Å². The first-order valence-corrected chi connectivity index (χ1v) is 11.2. The Morgan fingerprint density at radius 1 is 0.852 bits per heavy atom. The van der Waals surface area contributed by atoms with Crippen molar-refractivity contribution in [2.45, 2.75) is 136 Å². The Labute approximate surface area is 167 Å². The highest BCUT2D eigenvalue weighted by molar-refractivity contribution is 5.76. The molecular formula is C22H43N3O2. The fourth-order valence-corrected chi connectivity index (χ4v) is 3.19. The maximum absolute atomic E-state index is 12.0. The van der Waals surface area contributed by atoms with E-state index in [0.717, 1.165) is 12.8 Å². The van der Waals surface area contributed by atoms with E-state index in [0.29, 0.717) is 6.42 Å². The first-order chi connectivity index (χ1) is 12.9. The second kappa shape index (κ2) is 16.9. The van der Waals surface area contributed by atoms with Crippen LogP contribution >= 0.6 is 0 Å². The number of rotatable bonds is 17. The minimum absolute atomic E-state index is 0.407. The zero-order chi connectivity index (χ0) is 20.4. The van der Waals surface area contributed by atoms with E-state index < -0.39 is 17.6 Å². The normalized spacial score (nSPS) is 12.4. The lowest BCUT2D eigenvalue weighted by molar-refractivity contribution is -0.156. The van der Waals surface area contributed by atoms with Gasteiger partial charge >= 0.3 is 5.97 Å². The SMILES string of the molecule is CCCCCCCCCCCCCCCCC(N=[N+]=[N-])C(=O)OC(C)(C)C. The molecule has 158 valence electrons. The fraction of sp³-hybridized carbons (Fsp3) is 0.955.